The number of nitrogens with two attached hydrogens (primary N) is 1. The van der Waals surface area contributed by atoms with Crippen molar-refractivity contribution in [2.45, 2.75) is 6.04 Å². The van der Waals surface area contributed by atoms with Gasteiger partial charge in [-0.1, -0.05) is 6.07 Å². The summed E-state index contributed by atoms with van der Waals surface area (Å²) in [6, 6.07) is 3.20. The first-order valence-electron chi connectivity index (χ1n) is 5.31. The summed E-state index contributed by atoms with van der Waals surface area (Å²) >= 11 is 1.12. The van der Waals surface area contributed by atoms with Gasteiger partial charge < -0.3 is 15.6 Å². The normalized spacial score (nSPS) is 12.2. The highest BCUT2D eigenvalue weighted by Gasteiger charge is 2.21. The Hall–Kier alpha value is -1.99. The molecule has 0 spiro atoms. The first-order valence-corrected chi connectivity index (χ1v) is 6.19. The lowest BCUT2D eigenvalue weighted by Gasteiger charge is -2.06. The molecule has 1 atom stereocenters. The molecule has 1 unspecified atom stereocenters. The molecule has 0 amide bonds. The molecule has 2 aromatic rings. The van der Waals surface area contributed by atoms with Gasteiger partial charge in [0, 0.05) is 5.38 Å². The minimum absolute atomic E-state index is 0.192. The Labute approximate surface area is 112 Å². The highest BCUT2D eigenvalue weighted by atomic mass is 32.1. The topological polar surface area (TPSA) is 85.4 Å². The summed E-state index contributed by atoms with van der Waals surface area (Å²) in [5, 5.41) is 10.6. The van der Waals surface area contributed by atoms with Crippen LogP contribution in [0.15, 0.2) is 23.6 Å². The molecule has 0 aliphatic heterocycles. The highest BCUT2D eigenvalue weighted by Crippen LogP contribution is 2.35. The van der Waals surface area contributed by atoms with Crippen LogP contribution in [0, 0.1) is 5.82 Å². The second-order valence-electron chi connectivity index (χ2n) is 3.71. The lowest BCUT2D eigenvalue weighted by atomic mass is 10.2. The van der Waals surface area contributed by atoms with E-state index >= 15 is 0 Å². The quantitative estimate of drug-likeness (QED) is 0.896. The predicted molar refractivity (Wildman–Crippen MR) is 68.6 cm³/mol. The maximum absolute atomic E-state index is 13.8. The first kappa shape index (κ1) is 13.4. The summed E-state index contributed by atoms with van der Waals surface area (Å²) in [5.41, 5.74) is 5.86. The van der Waals surface area contributed by atoms with E-state index in [0.29, 0.717) is 10.8 Å². The standard InChI is InChI=1S/C12H11FN2O3S/c1-18-8-4-2-3-6(13)9(8)11-15-7(5-19-11)10(14)12(16)17/h2-5,10H,14H2,1H3,(H,16,17). The van der Waals surface area contributed by atoms with Crippen LogP contribution in [0.1, 0.15) is 11.7 Å². The molecule has 0 aliphatic rings. The summed E-state index contributed by atoms with van der Waals surface area (Å²) in [7, 11) is 1.43. The summed E-state index contributed by atoms with van der Waals surface area (Å²) in [6.07, 6.45) is 0. The van der Waals surface area contributed by atoms with Gasteiger partial charge in [0.25, 0.3) is 0 Å². The second-order valence-corrected chi connectivity index (χ2v) is 4.57. The third-order valence-electron chi connectivity index (χ3n) is 2.52. The number of halogens is 1. The number of rotatable bonds is 4. The molecule has 100 valence electrons. The van der Waals surface area contributed by atoms with Crippen LogP contribution in [-0.4, -0.2) is 23.2 Å². The van der Waals surface area contributed by atoms with Crippen molar-refractivity contribution in [3.05, 3.63) is 35.1 Å². The molecular formula is C12H11FN2O3S. The van der Waals surface area contributed by atoms with Gasteiger partial charge in [-0.15, -0.1) is 11.3 Å². The minimum Gasteiger partial charge on any atom is -0.496 e. The van der Waals surface area contributed by atoms with Crippen molar-refractivity contribution in [3.8, 4) is 16.3 Å². The smallest absolute Gasteiger partial charge is 0.326 e. The fourth-order valence-corrected chi connectivity index (χ4v) is 2.46. The maximum atomic E-state index is 13.8. The van der Waals surface area contributed by atoms with Crippen molar-refractivity contribution in [1.29, 1.82) is 0 Å². The van der Waals surface area contributed by atoms with Crippen LogP contribution in [0.4, 0.5) is 4.39 Å². The van der Waals surface area contributed by atoms with Gasteiger partial charge in [0.2, 0.25) is 0 Å². The van der Waals surface area contributed by atoms with E-state index in [4.69, 9.17) is 15.6 Å². The molecule has 1 heterocycles. The van der Waals surface area contributed by atoms with Gasteiger partial charge in [-0.2, -0.15) is 0 Å². The molecule has 0 radical (unpaired) electrons. The number of hydrogen-bond donors (Lipinski definition) is 2. The summed E-state index contributed by atoms with van der Waals surface area (Å²) in [6.45, 7) is 0. The number of methoxy groups -OCH3 is 1. The Kier molecular flexibility index (Phi) is 3.77. The SMILES string of the molecule is COc1cccc(F)c1-c1nc(C(N)C(=O)O)cs1. The summed E-state index contributed by atoms with van der Waals surface area (Å²) in [4.78, 5) is 14.8. The number of carboxylic acids is 1. The van der Waals surface area contributed by atoms with Gasteiger partial charge in [0.05, 0.1) is 18.4 Å². The molecule has 3 N–H and O–H groups in total. The minimum atomic E-state index is -1.22. The van der Waals surface area contributed by atoms with E-state index in [2.05, 4.69) is 4.98 Å². The maximum Gasteiger partial charge on any atom is 0.326 e. The molecular weight excluding hydrogens is 271 g/mol. The van der Waals surface area contributed by atoms with E-state index in [1.165, 1.54) is 24.6 Å². The van der Waals surface area contributed by atoms with Gasteiger partial charge >= 0.3 is 5.97 Å². The van der Waals surface area contributed by atoms with Crippen LogP contribution in [0.2, 0.25) is 0 Å². The zero-order chi connectivity index (χ0) is 14.0. The van der Waals surface area contributed by atoms with Crippen molar-refractivity contribution in [1.82, 2.24) is 4.98 Å². The lowest BCUT2D eigenvalue weighted by Crippen LogP contribution is -2.20. The molecule has 2 rings (SSSR count). The number of aliphatic carboxylic acids is 1. The third kappa shape index (κ3) is 2.56. The Morgan fingerprint density at radius 2 is 2.32 bits per heavy atom. The Bertz CT molecular complexity index is 615. The van der Waals surface area contributed by atoms with E-state index < -0.39 is 17.8 Å². The zero-order valence-corrected chi connectivity index (χ0v) is 10.8. The van der Waals surface area contributed by atoms with Crippen molar-refractivity contribution in [3.63, 3.8) is 0 Å². The van der Waals surface area contributed by atoms with Crippen LogP contribution in [-0.2, 0) is 4.79 Å². The largest absolute Gasteiger partial charge is 0.496 e. The molecule has 0 fully saturated rings. The van der Waals surface area contributed by atoms with Gasteiger partial charge in [0.15, 0.2) is 0 Å². The van der Waals surface area contributed by atoms with Crippen molar-refractivity contribution < 1.29 is 19.0 Å². The summed E-state index contributed by atoms with van der Waals surface area (Å²) < 4.78 is 18.9. The number of nitrogens with zero attached hydrogens (tertiary/aromatic N) is 1. The molecule has 0 aliphatic carbocycles. The van der Waals surface area contributed by atoms with E-state index in [-0.39, 0.29) is 11.3 Å². The molecule has 19 heavy (non-hydrogen) atoms. The fourth-order valence-electron chi connectivity index (χ4n) is 1.55. The third-order valence-corrected chi connectivity index (χ3v) is 3.39. The van der Waals surface area contributed by atoms with Crippen molar-refractivity contribution >= 4 is 17.3 Å². The molecule has 0 saturated carbocycles. The Morgan fingerprint density at radius 1 is 1.58 bits per heavy atom. The van der Waals surface area contributed by atoms with Gasteiger partial charge in [-0.05, 0) is 12.1 Å². The number of benzene rings is 1. The van der Waals surface area contributed by atoms with Crippen LogP contribution in [0.3, 0.4) is 0 Å². The second kappa shape index (κ2) is 5.33. The van der Waals surface area contributed by atoms with Crippen LogP contribution >= 0.6 is 11.3 Å². The summed E-state index contributed by atoms with van der Waals surface area (Å²) in [5.74, 6) is -1.33. The van der Waals surface area contributed by atoms with Crippen molar-refractivity contribution in [2.75, 3.05) is 7.11 Å². The zero-order valence-electron chi connectivity index (χ0n) is 9.96. The van der Waals surface area contributed by atoms with Crippen LogP contribution in [0.25, 0.3) is 10.6 Å². The number of thiazole rings is 1. The number of carbonyl (C=O) groups is 1. The fraction of sp³-hybridized carbons (Fsp3) is 0.167. The Morgan fingerprint density at radius 3 is 2.95 bits per heavy atom. The predicted octanol–water partition coefficient (Wildman–Crippen LogP) is 2.04. The van der Waals surface area contributed by atoms with Crippen LogP contribution < -0.4 is 10.5 Å². The van der Waals surface area contributed by atoms with Gasteiger partial charge in [0.1, 0.15) is 22.6 Å². The van der Waals surface area contributed by atoms with Crippen LogP contribution in [0.5, 0.6) is 5.75 Å². The number of ether oxygens (including phenoxy) is 1. The number of aromatic nitrogens is 1. The number of hydrogen-bond acceptors (Lipinski definition) is 5. The Balaban J connectivity index is 2.46. The average molecular weight is 282 g/mol. The molecule has 5 nitrogen and oxygen atoms in total. The molecule has 7 heteroatoms. The molecule has 0 bridgehead atoms. The molecule has 1 aromatic heterocycles. The molecule has 0 saturated heterocycles. The van der Waals surface area contributed by atoms with Gasteiger partial charge in [-0.25, -0.2) is 9.37 Å². The van der Waals surface area contributed by atoms with E-state index in [9.17, 15) is 9.18 Å². The highest BCUT2D eigenvalue weighted by molar-refractivity contribution is 7.13. The monoisotopic (exact) mass is 282 g/mol. The lowest BCUT2D eigenvalue weighted by molar-refractivity contribution is -0.138. The van der Waals surface area contributed by atoms with E-state index in [1.807, 2.05) is 0 Å². The van der Waals surface area contributed by atoms with Gasteiger partial charge in [-0.3, -0.25) is 4.79 Å². The number of carboxylic acid groups (broad SMARTS) is 1. The van der Waals surface area contributed by atoms with E-state index in [0.717, 1.165) is 11.3 Å². The average Bonchev–Trinajstić information content (AvgIpc) is 2.86. The first-order chi connectivity index (χ1) is 9.04. The van der Waals surface area contributed by atoms with E-state index in [1.54, 1.807) is 6.07 Å². The van der Waals surface area contributed by atoms with Crippen molar-refractivity contribution in [2.24, 2.45) is 5.73 Å². The molecule has 1 aromatic carbocycles.